The summed E-state index contributed by atoms with van der Waals surface area (Å²) in [5.74, 6) is 0. The van der Waals surface area contributed by atoms with E-state index in [2.05, 4.69) is 26.8 Å². The van der Waals surface area contributed by atoms with E-state index in [1.807, 2.05) is 0 Å². The number of hydrogen-bond donors (Lipinski definition) is 1. The molecule has 1 N–H and O–H groups in total. The Hall–Kier alpha value is -0.300. The maximum absolute atomic E-state index is 9.92. The molecule has 13 heavy (non-hydrogen) atoms. The fraction of sp³-hybridized carbons (Fsp3) is 0.833. The van der Waals surface area contributed by atoms with Crippen molar-refractivity contribution in [3.8, 4) is 0 Å². The van der Waals surface area contributed by atoms with Gasteiger partial charge in [-0.25, -0.2) is 0 Å². The van der Waals surface area contributed by atoms with Crippen LogP contribution in [0.5, 0.6) is 0 Å². The number of aliphatic hydroxyl groups excluding tert-OH is 1. The van der Waals surface area contributed by atoms with E-state index in [1.54, 1.807) is 0 Å². The standard InChI is InChI=1S/C12H22O/c1-4-5-11(13)12(8-9-12)7-6-10(2)3/h6,11,13H,4-5,7-9H2,1-3H3. The van der Waals surface area contributed by atoms with Crippen molar-refractivity contribution in [2.45, 2.75) is 59.0 Å². The van der Waals surface area contributed by atoms with E-state index < -0.39 is 0 Å². The molecule has 1 saturated carbocycles. The highest BCUT2D eigenvalue weighted by Crippen LogP contribution is 2.53. The molecule has 1 fully saturated rings. The molecule has 0 saturated heterocycles. The first kappa shape index (κ1) is 10.8. The first-order valence-corrected chi connectivity index (χ1v) is 5.42. The van der Waals surface area contributed by atoms with Crippen molar-refractivity contribution >= 4 is 0 Å². The first-order valence-electron chi connectivity index (χ1n) is 5.42. The van der Waals surface area contributed by atoms with E-state index >= 15 is 0 Å². The van der Waals surface area contributed by atoms with Crippen molar-refractivity contribution < 1.29 is 5.11 Å². The molecule has 1 nitrogen and oxygen atoms in total. The summed E-state index contributed by atoms with van der Waals surface area (Å²) in [5, 5.41) is 9.92. The Bertz CT molecular complexity index is 185. The van der Waals surface area contributed by atoms with Gasteiger partial charge in [0.2, 0.25) is 0 Å². The highest BCUT2D eigenvalue weighted by Gasteiger charge is 2.47. The smallest absolute Gasteiger partial charge is 0.0599 e. The third kappa shape index (κ3) is 2.84. The van der Waals surface area contributed by atoms with E-state index in [0.29, 0.717) is 0 Å². The third-order valence-corrected chi connectivity index (χ3v) is 3.08. The molecule has 0 amide bonds. The molecule has 0 heterocycles. The van der Waals surface area contributed by atoms with Gasteiger partial charge in [0, 0.05) is 0 Å². The molecule has 1 aliphatic rings. The van der Waals surface area contributed by atoms with Gasteiger partial charge in [0.15, 0.2) is 0 Å². The molecular weight excluding hydrogens is 160 g/mol. The molecular formula is C12H22O. The summed E-state index contributed by atoms with van der Waals surface area (Å²) in [4.78, 5) is 0. The second kappa shape index (κ2) is 4.28. The van der Waals surface area contributed by atoms with Crippen LogP contribution in [0, 0.1) is 5.41 Å². The van der Waals surface area contributed by atoms with Gasteiger partial charge < -0.3 is 5.11 Å². The minimum atomic E-state index is -0.0619. The lowest BCUT2D eigenvalue weighted by Gasteiger charge is -2.20. The van der Waals surface area contributed by atoms with Gasteiger partial charge >= 0.3 is 0 Å². The summed E-state index contributed by atoms with van der Waals surface area (Å²) >= 11 is 0. The highest BCUT2D eigenvalue weighted by molar-refractivity contribution is 5.06. The highest BCUT2D eigenvalue weighted by atomic mass is 16.3. The molecule has 0 aliphatic heterocycles. The Kier molecular flexibility index (Phi) is 3.55. The van der Waals surface area contributed by atoms with Crippen LogP contribution in [0.1, 0.15) is 52.9 Å². The van der Waals surface area contributed by atoms with E-state index in [-0.39, 0.29) is 11.5 Å². The van der Waals surface area contributed by atoms with Crippen molar-refractivity contribution in [3.05, 3.63) is 11.6 Å². The van der Waals surface area contributed by atoms with Crippen molar-refractivity contribution in [1.82, 2.24) is 0 Å². The van der Waals surface area contributed by atoms with Crippen molar-refractivity contribution in [1.29, 1.82) is 0 Å². The molecule has 76 valence electrons. The largest absolute Gasteiger partial charge is 0.393 e. The zero-order valence-electron chi connectivity index (χ0n) is 9.14. The molecule has 0 bridgehead atoms. The minimum absolute atomic E-state index is 0.0619. The predicted octanol–water partition coefficient (Wildman–Crippen LogP) is 3.28. The van der Waals surface area contributed by atoms with Crippen LogP contribution in [-0.4, -0.2) is 11.2 Å². The number of hydrogen-bond acceptors (Lipinski definition) is 1. The van der Waals surface area contributed by atoms with Gasteiger partial charge in [0.25, 0.3) is 0 Å². The van der Waals surface area contributed by atoms with Gasteiger partial charge in [0.1, 0.15) is 0 Å². The Morgan fingerprint density at radius 1 is 1.46 bits per heavy atom. The maximum Gasteiger partial charge on any atom is 0.0599 e. The zero-order valence-corrected chi connectivity index (χ0v) is 9.14. The van der Waals surface area contributed by atoms with Crippen molar-refractivity contribution in [2.75, 3.05) is 0 Å². The SMILES string of the molecule is CCCC(O)C1(CC=C(C)C)CC1. The lowest BCUT2D eigenvalue weighted by atomic mass is 9.91. The van der Waals surface area contributed by atoms with Crippen LogP contribution in [0.2, 0.25) is 0 Å². The van der Waals surface area contributed by atoms with Gasteiger partial charge in [-0.1, -0.05) is 25.0 Å². The topological polar surface area (TPSA) is 20.2 Å². The molecule has 0 aromatic rings. The lowest BCUT2D eigenvalue weighted by molar-refractivity contribution is 0.0847. The normalized spacial score (nSPS) is 20.9. The van der Waals surface area contributed by atoms with E-state index in [0.717, 1.165) is 19.3 Å². The van der Waals surface area contributed by atoms with Gasteiger partial charge in [-0.3, -0.25) is 0 Å². The van der Waals surface area contributed by atoms with Gasteiger partial charge in [0.05, 0.1) is 6.10 Å². The summed E-state index contributed by atoms with van der Waals surface area (Å²) < 4.78 is 0. The molecule has 1 atom stereocenters. The molecule has 0 aromatic carbocycles. The number of aliphatic hydroxyl groups is 1. The molecule has 0 aromatic heterocycles. The van der Waals surface area contributed by atoms with Gasteiger partial charge in [-0.15, -0.1) is 0 Å². The molecule has 1 aliphatic carbocycles. The molecule has 1 heteroatoms. The summed E-state index contributed by atoms with van der Waals surface area (Å²) in [7, 11) is 0. The van der Waals surface area contributed by atoms with Gasteiger partial charge in [-0.2, -0.15) is 0 Å². The Balaban J connectivity index is 2.42. The van der Waals surface area contributed by atoms with Crippen LogP contribution < -0.4 is 0 Å². The second-order valence-corrected chi connectivity index (χ2v) is 4.65. The Morgan fingerprint density at radius 2 is 2.08 bits per heavy atom. The quantitative estimate of drug-likeness (QED) is 0.647. The minimum Gasteiger partial charge on any atom is -0.393 e. The summed E-state index contributed by atoms with van der Waals surface area (Å²) in [5.41, 5.74) is 1.64. The van der Waals surface area contributed by atoms with Crippen LogP contribution in [0.4, 0.5) is 0 Å². The summed E-state index contributed by atoms with van der Waals surface area (Å²) in [6.45, 7) is 6.39. The van der Waals surface area contributed by atoms with Gasteiger partial charge in [-0.05, 0) is 44.9 Å². The van der Waals surface area contributed by atoms with E-state index in [4.69, 9.17) is 0 Å². The van der Waals surface area contributed by atoms with Crippen LogP contribution in [0.15, 0.2) is 11.6 Å². The first-order chi connectivity index (χ1) is 6.10. The van der Waals surface area contributed by atoms with Crippen LogP contribution in [0.3, 0.4) is 0 Å². The lowest BCUT2D eigenvalue weighted by Crippen LogP contribution is -2.21. The molecule has 1 rings (SSSR count). The maximum atomic E-state index is 9.92. The third-order valence-electron chi connectivity index (χ3n) is 3.08. The molecule has 0 radical (unpaired) electrons. The average molecular weight is 182 g/mol. The molecule has 0 spiro atoms. The number of rotatable bonds is 5. The predicted molar refractivity (Wildman–Crippen MR) is 56.6 cm³/mol. The average Bonchev–Trinajstić information content (AvgIpc) is 2.82. The van der Waals surface area contributed by atoms with Crippen LogP contribution in [-0.2, 0) is 0 Å². The van der Waals surface area contributed by atoms with E-state index in [1.165, 1.54) is 18.4 Å². The fourth-order valence-electron chi connectivity index (χ4n) is 1.82. The second-order valence-electron chi connectivity index (χ2n) is 4.65. The van der Waals surface area contributed by atoms with Crippen molar-refractivity contribution in [2.24, 2.45) is 5.41 Å². The number of allylic oxidation sites excluding steroid dienone is 2. The molecule has 1 unspecified atom stereocenters. The Morgan fingerprint density at radius 3 is 2.46 bits per heavy atom. The summed E-state index contributed by atoms with van der Waals surface area (Å²) in [6, 6.07) is 0. The van der Waals surface area contributed by atoms with Crippen LogP contribution >= 0.6 is 0 Å². The Labute approximate surface area is 81.9 Å². The summed E-state index contributed by atoms with van der Waals surface area (Å²) in [6.07, 6.45) is 7.79. The monoisotopic (exact) mass is 182 g/mol. The van der Waals surface area contributed by atoms with E-state index in [9.17, 15) is 5.11 Å². The van der Waals surface area contributed by atoms with Crippen LogP contribution in [0.25, 0.3) is 0 Å². The van der Waals surface area contributed by atoms with Crippen molar-refractivity contribution in [3.63, 3.8) is 0 Å². The zero-order chi connectivity index (χ0) is 9.90. The fourth-order valence-corrected chi connectivity index (χ4v) is 1.82.